The van der Waals surface area contributed by atoms with E-state index in [-0.39, 0.29) is 12.0 Å². The molecule has 0 amide bonds. The van der Waals surface area contributed by atoms with Crippen LogP contribution in [0.1, 0.15) is 18.9 Å². The van der Waals surface area contributed by atoms with Crippen LogP contribution in [-0.2, 0) is 5.41 Å². The smallest absolute Gasteiger partial charge is 0.0620 e. The van der Waals surface area contributed by atoms with Crippen LogP contribution < -0.4 is 5.73 Å². The highest BCUT2D eigenvalue weighted by molar-refractivity contribution is 6.42. The van der Waals surface area contributed by atoms with Gasteiger partial charge in [0.2, 0.25) is 0 Å². The Labute approximate surface area is 99.0 Å². The third-order valence-electron chi connectivity index (χ3n) is 3.48. The van der Waals surface area contributed by atoms with Gasteiger partial charge in [-0.05, 0) is 24.1 Å². The predicted octanol–water partition coefficient (Wildman–Crippen LogP) is 2.34. The first kappa shape index (κ1) is 11.2. The average Bonchev–Trinajstić information content (AvgIpc) is 2.76. The second-order valence-corrected chi connectivity index (χ2v) is 5.27. The summed E-state index contributed by atoms with van der Waals surface area (Å²) in [5, 5.41) is 10.3. The summed E-state index contributed by atoms with van der Waals surface area (Å²) in [7, 11) is 0. The minimum atomic E-state index is -0.510. The predicted molar refractivity (Wildman–Crippen MR) is 62.4 cm³/mol. The van der Waals surface area contributed by atoms with Crippen molar-refractivity contribution in [2.24, 2.45) is 5.73 Å². The lowest BCUT2D eigenvalue weighted by Crippen LogP contribution is -2.35. The van der Waals surface area contributed by atoms with Crippen molar-refractivity contribution in [3.63, 3.8) is 0 Å². The normalized spacial score (nSPS) is 34.2. The lowest BCUT2D eigenvalue weighted by molar-refractivity contribution is 0.243. The summed E-state index contributed by atoms with van der Waals surface area (Å²) < 4.78 is 0. The largest absolute Gasteiger partial charge is 0.394 e. The van der Waals surface area contributed by atoms with E-state index in [1.54, 1.807) is 6.07 Å². The monoisotopic (exact) mass is 245 g/mol. The Morgan fingerprint density at radius 3 is 2.53 bits per heavy atom. The van der Waals surface area contributed by atoms with Gasteiger partial charge >= 0.3 is 0 Å². The zero-order chi connectivity index (χ0) is 11.3. The summed E-state index contributed by atoms with van der Waals surface area (Å²) in [4.78, 5) is 0. The number of aliphatic hydroxyl groups excluding tert-OH is 1. The van der Waals surface area contributed by atoms with E-state index >= 15 is 0 Å². The SMILES string of the molecule is C[C@@]1(c2ccc(Cl)c(Cl)c2)C[C@@]1(N)CO. The Bertz CT molecular complexity index is 410. The first-order valence-electron chi connectivity index (χ1n) is 4.78. The van der Waals surface area contributed by atoms with Gasteiger partial charge in [0.1, 0.15) is 0 Å². The molecule has 0 spiro atoms. The molecule has 0 saturated heterocycles. The summed E-state index contributed by atoms with van der Waals surface area (Å²) >= 11 is 11.8. The molecular formula is C11H13Cl2NO. The average molecular weight is 246 g/mol. The standard InChI is InChI=1S/C11H13Cl2NO/c1-10(5-11(10,14)6-15)7-2-3-8(12)9(13)4-7/h2-4,15H,5-6,14H2,1H3/t10-,11+/m0/s1. The molecule has 82 valence electrons. The summed E-state index contributed by atoms with van der Waals surface area (Å²) in [5.74, 6) is 0. The number of hydrogen-bond acceptors (Lipinski definition) is 2. The quantitative estimate of drug-likeness (QED) is 0.841. The number of rotatable bonds is 2. The van der Waals surface area contributed by atoms with Crippen LogP contribution in [0.5, 0.6) is 0 Å². The number of hydrogen-bond donors (Lipinski definition) is 2. The van der Waals surface area contributed by atoms with Gasteiger partial charge in [-0.3, -0.25) is 0 Å². The maximum absolute atomic E-state index is 9.20. The number of aliphatic hydroxyl groups is 1. The molecule has 1 fully saturated rings. The van der Waals surface area contributed by atoms with Gasteiger partial charge in [0.05, 0.1) is 16.7 Å². The maximum atomic E-state index is 9.20. The second kappa shape index (κ2) is 3.36. The van der Waals surface area contributed by atoms with Crippen molar-refractivity contribution < 1.29 is 5.11 Å². The van der Waals surface area contributed by atoms with E-state index in [2.05, 4.69) is 0 Å². The molecule has 0 bridgehead atoms. The fraction of sp³-hybridized carbons (Fsp3) is 0.455. The van der Waals surface area contributed by atoms with Crippen LogP contribution in [-0.4, -0.2) is 17.3 Å². The van der Waals surface area contributed by atoms with Crippen molar-refractivity contribution in [3.8, 4) is 0 Å². The van der Waals surface area contributed by atoms with E-state index < -0.39 is 5.54 Å². The molecule has 0 unspecified atom stereocenters. The summed E-state index contributed by atoms with van der Waals surface area (Å²) in [6.45, 7) is 2.02. The van der Waals surface area contributed by atoms with Gasteiger partial charge in [-0.25, -0.2) is 0 Å². The van der Waals surface area contributed by atoms with Crippen molar-refractivity contribution in [2.45, 2.75) is 24.3 Å². The molecule has 0 radical (unpaired) electrons. The number of halogens is 2. The molecule has 0 aliphatic heterocycles. The minimum absolute atomic E-state index is 0.0102. The molecule has 2 atom stereocenters. The fourth-order valence-electron chi connectivity index (χ4n) is 2.05. The van der Waals surface area contributed by atoms with Gasteiger partial charge in [-0.15, -0.1) is 0 Å². The van der Waals surface area contributed by atoms with Gasteiger partial charge in [0.25, 0.3) is 0 Å². The lowest BCUT2D eigenvalue weighted by atomic mass is 9.93. The summed E-state index contributed by atoms with van der Waals surface area (Å²) in [6, 6.07) is 5.51. The van der Waals surface area contributed by atoms with Crippen molar-refractivity contribution in [1.29, 1.82) is 0 Å². The zero-order valence-electron chi connectivity index (χ0n) is 8.43. The zero-order valence-corrected chi connectivity index (χ0v) is 9.94. The molecule has 2 rings (SSSR count). The third-order valence-corrected chi connectivity index (χ3v) is 4.22. The van der Waals surface area contributed by atoms with E-state index in [1.807, 2.05) is 19.1 Å². The van der Waals surface area contributed by atoms with Gasteiger partial charge in [0, 0.05) is 11.0 Å². The van der Waals surface area contributed by atoms with Crippen molar-refractivity contribution in [3.05, 3.63) is 33.8 Å². The molecular weight excluding hydrogens is 233 g/mol. The minimum Gasteiger partial charge on any atom is -0.394 e. The fourth-order valence-corrected chi connectivity index (χ4v) is 2.34. The van der Waals surface area contributed by atoms with Crippen LogP contribution in [0.3, 0.4) is 0 Å². The van der Waals surface area contributed by atoms with Crippen molar-refractivity contribution in [1.82, 2.24) is 0 Å². The summed E-state index contributed by atoms with van der Waals surface area (Å²) in [6.07, 6.45) is 0.772. The van der Waals surface area contributed by atoms with Crippen LogP contribution >= 0.6 is 23.2 Å². The van der Waals surface area contributed by atoms with E-state index in [9.17, 15) is 5.11 Å². The second-order valence-electron chi connectivity index (χ2n) is 4.45. The molecule has 0 heterocycles. The molecule has 1 aliphatic carbocycles. The Morgan fingerprint density at radius 2 is 2.07 bits per heavy atom. The summed E-state index contributed by atoms with van der Waals surface area (Å²) in [5.41, 5.74) is 6.36. The number of nitrogens with two attached hydrogens (primary N) is 1. The third kappa shape index (κ3) is 1.56. The molecule has 2 nitrogen and oxygen atoms in total. The highest BCUT2D eigenvalue weighted by atomic mass is 35.5. The van der Waals surface area contributed by atoms with Gasteiger partial charge in [-0.2, -0.15) is 0 Å². The molecule has 1 aromatic carbocycles. The van der Waals surface area contributed by atoms with Crippen molar-refractivity contribution in [2.75, 3.05) is 6.61 Å². The molecule has 1 aliphatic rings. The van der Waals surface area contributed by atoms with Gasteiger partial charge in [-0.1, -0.05) is 36.2 Å². The van der Waals surface area contributed by atoms with Crippen LogP contribution in [0.2, 0.25) is 10.0 Å². The van der Waals surface area contributed by atoms with Crippen LogP contribution in [0.15, 0.2) is 18.2 Å². The molecule has 1 saturated carbocycles. The topological polar surface area (TPSA) is 46.2 Å². The van der Waals surface area contributed by atoms with E-state index in [1.165, 1.54) is 0 Å². The van der Waals surface area contributed by atoms with Crippen LogP contribution in [0, 0.1) is 0 Å². The Hall–Kier alpha value is -0.280. The Balaban J connectivity index is 2.37. The number of benzene rings is 1. The lowest BCUT2D eigenvalue weighted by Gasteiger charge is -2.17. The maximum Gasteiger partial charge on any atom is 0.0620 e. The first-order chi connectivity index (χ1) is 6.93. The first-order valence-corrected chi connectivity index (χ1v) is 5.54. The Kier molecular flexibility index (Phi) is 2.51. The van der Waals surface area contributed by atoms with Crippen LogP contribution in [0.4, 0.5) is 0 Å². The van der Waals surface area contributed by atoms with E-state index in [0.29, 0.717) is 10.0 Å². The van der Waals surface area contributed by atoms with E-state index in [4.69, 9.17) is 28.9 Å². The van der Waals surface area contributed by atoms with Crippen molar-refractivity contribution >= 4 is 23.2 Å². The van der Waals surface area contributed by atoms with Gasteiger partial charge < -0.3 is 10.8 Å². The Morgan fingerprint density at radius 1 is 1.40 bits per heavy atom. The highest BCUT2D eigenvalue weighted by Gasteiger charge is 2.62. The van der Waals surface area contributed by atoms with E-state index in [0.717, 1.165) is 12.0 Å². The molecule has 0 aromatic heterocycles. The van der Waals surface area contributed by atoms with Crippen LogP contribution in [0.25, 0.3) is 0 Å². The van der Waals surface area contributed by atoms with Gasteiger partial charge in [0.15, 0.2) is 0 Å². The molecule has 15 heavy (non-hydrogen) atoms. The molecule has 4 heteroatoms. The molecule has 1 aromatic rings. The highest BCUT2D eigenvalue weighted by Crippen LogP contribution is 2.55. The molecule has 3 N–H and O–H groups in total.